The van der Waals surface area contributed by atoms with Gasteiger partial charge in [0, 0.05) is 5.69 Å². The number of hydrogen-bond acceptors (Lipinski definition) is 3. The van der Waals surface area contributed by atoms with E-state index in [-0.39, 0.29) is 12.5 Å². The average Bonchev–Trinajstić information content (AvgIpc) is 2.67. The number of halogens is 1. The van der Waals surface area contributed by atoms with Gasteiger partial charge in [-0.05, 0) is 63.0 Å². The number of carbonyl (C=O) groups is 1. The number of benzene rings is 3. The Kier molecular flexibility index (Phi) is 6.35. The lowest BCUT2D eigenvalue weighted by atomic mass is 10.1. The molecule has 0 saturated carbocycles. The number of amides is 1. The molecule has 0 aliphatic rings. The van der Waals surface area contributed by atoms with E-state index in [1.807, 2.05) is 60.7 Å². The molecule has 0 aliphatic heterocycles. The molecule has 3 aromatic carbocycles. The Morgan fingerprint density at radius 3 is 2.48 bits per heavy atom. The lowest BCUT2D eigenvalue weighted by Crippen LogP contribution is -2.20. The highest BCUT2D eigenvalue weighted by atomic mass is 79.9. The molecule has 0 saturated heterocycles. The number of hydrogen-bond donors (Lipinski definition) is 1. The Balaban J connectivity index is 1.56. The molecule has 5 heteroatoms. The van der Waals surface area contributed by atoms with Gasteiger partial charge in [0.1, 0.15) is 11.5 Å². The Bertz CT molecular complexity index is 922. The number of anilines is 1. The maximum Gasteiger partial charge on any atom is 0.262 e. The Hall–Kier alpha value is -2.53. The van der Waals surface area contributed by atoms with Crippen LogP contribution in [0.1, 0.15) is 13.8 Å². The van der Waals surface area contributed by atoms with Crippen molar-refractivity contribution in [2.45, 2.75) is 13.8 Å². The summed E-state index contributed by atoms with van der Waals surface area (Å²) < 4.78 is 12.2. The first-order valence-corrected chi connectivity index (χ1v) is 9.65. The second-order valence-electron chi connectivity index (χ2n) is 6.66. The van der Waals surface area contributed by atoms with Gasteiger partial charge in [-0.2, -0.15) is 0 Å². The fraction of sp³-hybridized carbons (Fsp3) is 0.227. The first-order chi connectivity index (χ1) is 13.0. The molecule has 1 N–H and O–H groups in total. The van der Waals surface area contributed by atoms with Crippen molar-refractivity contribution >= 4 is 38.3 Å². The van der Waals surface area contributed by atoms with Crippen LogP contribution in [0.15, 0.2) is 65.1 Å². The molecule has 0 aliphatic carbocycles. The van der Waals surface area contributed by atoms with E-state index in [0.29, 0.717) is 24.0 Å². The molecular formula is C22H22BrNO3. The first kappa shape index (κ1) is 19.2. The van der Waals surface area contributed by atoms with Gasteiger partial charge in [0.05, 0.1) is 11.1 Å². The zero-order valence-corrected chi connectivity index (χ0v) is 17.0. The Morgan fingerprint density at radius 1 is 1.00 bits per heavy atom. The van der Waals surface area contributed by atoms with Crippen molar-refractivity contribution in [1.82, 2.24) is 0 Å². The van der Waals surface area contributed by atoms with Crippen LogP contribution in [-0.2, 0) is 4.79 Å². The fourth-order valence-electron chi connectivity index (χ4n) is 2.56. The minimum atomic E-state index is -0.217. The molecule has 0 aromatic heterocycles. The average molecular weight is 428 g/mol. The third-order valence-corrected chi connectivity index (χ3v) is 4.73. The SMILES string of the molecule is CC(C)COc1ccc(NC(=O)COc2ccc3ccccc3c2Br)cc1. The number of rotatable bonds is 7. The standard InChI is InChI=1S/C22H22BrNO3/c1-15(2)13-26-18-10-8-17(9-11-18)24-21(25)14-27-20-12-7-16-5-3-4-6-19(16)22(20)23/h3-12,15H,13-14H2,1-2H3,(H,24,25). The predicted molar refractivity (Wildman–Crippen MR) is 113 cm³/mol. The van der Waals surface area contributed by atoms with E-state index in [1.54, 1.807) is 0 Å². The van der Waals surface area contributed by atoms with Gasteiger partial charge in [0.15, 0.2) is 6.61 Å². The minimum absolute atomic E-state index is 0.0669. The largest absolute Gasteiger partial charge is 0.493 e. The molecule has 0 fully saturated rings. The summed E-state index contributed by atoms with van der Waals surface area (Å²) in [4.78, 5) is 12.2. The summed E-state index contributed by atoms with van der Waals surface area (Å²) in [5.41, 5.74) is 0.707. The first-order valence-electron chi connectivity index (χ1n) is 8.85. The van der Waals surface area contributed by atoms with Gasteiger partial charge in [0.2, 0.25) is 0 Å². The van der Waals surface area contributed by atoms with E-state index in [1.165, 1.54) is 0 Å². The van der Waals surface area contributed by atoms with Crippen molar-refractivity contribution in [3.63, 3.8) is 0 Å². The monoisotopic (exact) mass is 427 g/mol. The summed E-state index contributed by atoms with van der Waals surface area (Å²) in [6.07, 6.45) is 0. The van der Waals surface area contributed by atoms with Gasteiger partial charge < -0.3 is 14.8 Å². The predicted octanol–water partition coefficient (Wildman–Crippen LogP) is 5.65. The summed E-state index contributed by atoms with van der Waals surface area (Å²) in [6, 6.07) is 19.2. The van der Waals surface area contributed by atoms with E-state index in [9.17, 15) is 4.79 Å². The van der Waals surface area contributed by atoms with Crippen LogP contribution in [0.4, 0.5) is 5.69 Å². The second kappa shape index (κ2) is 8.91. The molecule has 0 unspecified atom stereocenters. The van der Waals surface area contributed by atoms with Crippen LogP contribution in [-0.4, -0.2) is 19.1 Å². The maximum atomic E-state index is 12.2. The molecule has 0 spiro atoms. The molecule has 4 nitrogen and oxygen atoms in total. The summed E-state index contributed by atoms with van der Waals surface area (Å²) in [5, 5.41) is 4.99. The van der Waals surface area contributed by atoms with Gasteiger partial charge >= 0.3 is 0 Å². The van der Waals surface area contributed by atoms with Gasteiger partial charge in [-0.15, -0.1) is 0 Å². The third-order valence-electron chi connectivity index (χ3n) is 3.91. The highest BCUT2D eigenvalue weighted by Gasteiger charge is 2.09. The molecule has 3 aromatic rings. The maximum absolute atomic E-state index is 12.2. The highest BCUT2D eigenvalue weighted by molar-refractivity contribution is 9.10. The van der Waals surface area contributed by atoms with Crippen molar-refractivity contribution in [2.24, 2.45) is 5.92 Å². The van der Waals surface area contributed by atoms with Crippen LogP contribution >= 0.6 is 15.9 Å². The van der Waals surface area contributed by atoms with Crippen molar-refractivity contribution in [3.8, 4) is 11.5 Å². The zero-order valence-electron chi connectivity index (χ0n) is 15.4. The summed E-state index contributed by atoms with van der Waals surface area (Å²) >= 11 is 3.56. The fourth-order valence-corrected chi connectivity index (χ4v) is 3.17. The molecule has 140 valence electrons. The van der Waals surface area contributed by atoms with Crippen molar-refractivity contribution < 1.29 is 14.3 Å². The summed E-state index contributed by atoms with van der Waals surface area (Å²) in [6.45, 7) is 4.80. The zero-order chi connectivity index (χ0) is 19.2. The number of carbonyl (C=O) groups excluding carboxylic acids is 1. The third kappa shape index (κ3) is 5.23. The van der Waals surface area contributed by atoms with Crippen molar-refractivity contribution in [3.05, 3.63) is 65.1 Å². The van der Waals surface area contributed by atoms with Gasteiger partial charge in [-0.3, -0.25) is 4.79 Å². The summed E-state index contributed by atoms with van der Waals surface area (Å²) in [7, 11) is 0. The molecule has 0 radical (unpaired) electrons. The Labute approximate surface area is 167 Å². The van der Waals surface area contributed by atoms with Crippen molar-refractivity contribution in [1.29, 1.82) is 0 Å². The topological polar surface area (TPSA) is 47.6 Å². The van der Waals surface area contributed by atoms with Gasteiger partial charge in [-0.25, -0.2) is 0 Å². The van der Waals surface area contributed by atoms with Crippen LogP contribution in [0.25, 0.3) is 10.8 Å². The second-order valence-corrected chi connectivity index (χ2v) is 7.46. The lowest BCUT2D eigenvalue weighted by Gasteiger charge is -2.12. The molecule has 1 amide bonds. The van der Waals surface area contributed by atoms with Gasteiger partial charge in [-0.1, -0.05) is 44.2 Å². The number of nitrogens with one attached hydrogen (secondary N) is 1. The molecule has 0 bridgehead atoms. The number of fused-ring (bicyclic) bond motifs is 1. The van der Waals surface area contributed by atoms with E-state index in [4.69, 9.17) is 9.47 Å². The molecule has 3 rings (SSSR count). The van der Waals surface area contributed by atoms with Crippen LogP contribution in [0.5, 0.6) is 11.5 Å². The van der Waals surface area contributed by atoms with E-state index in [0.717, 1.165) is 21.0 Å². The summed E-state index contributed by atoms with van der Waals surface area (Å²) in [5.74, 6) is 1.68. The minimum Gasteiger partial charge on any atom is -0.493 e. The van der Waals surface area contributed by atoms with E-state index < -0.39 is 0 Å². The van der Waals surface area contributed by atoms with E-state index >= 15 is 0 Å². The quantitative estimate of drug-likeness (QED) is 0.529. The Morgan fingerprint density at radius 2 is 1.74 bits per heavy atom. The van der Waals surface area contributed by atoms with Crippen LogP contribution in [0.2, 0.25) is 0 Å². The highest BCUT2D eigenvalue weighted by Crippen LogP contribution is 2.33. The van der Waals surface area contributed by atoms with Crippen LogP contribution < -0.4 is 14.8 Å². The molecule has 27 heavy (non-hydrogen) atoms. The molecule has 0 atom stereocenters. The van der Waals surface area contributed by atoms with Crippen LogP contribution in [0, 0.1) is 5.92 Å². The molecular weight excluding hydrogens is 406 g/mol. The van der Waals surface area contributed by atoms with E-state index in [2.05, 4.69) is 35.1 Å². The van der Waals surface area contributed by atoms with Crippen LogP contribution in [0.3, 0.4) is 0 Å². The van der Waals surface area contributed by atoms with Gasteiger partial charge in [0.25, 0.3) is 5.91 Å². The lowest BCUT2D eigenvalue weighted by molar-refractivity contribution is -0.118. The molecule has 0 heterocycles. The van der Waals surface area contributed by atoms with Crippen molar-refractivity contribution in [2.75, 3.05) is 18.5 Å². The normalized spacial score (nSPS) is 10.8. The smallest absolute Gasteiger partial charge is 0.262 e. The number of ether oxygens (including phenoxy) is 2.